The lowest BCUT2D eigenvalue weighted by Crippen LogP contribution is -2.47. The van der Waals surface area contributed by atoms with E-state index < -0.39 is 28.8 Å². The number of ketones is 1. The molecule has 0 fully saturated rings. The third-order valence-corrected chi connectivity index (χ3v) is 4.93. The molecule has 0 spiro atoms. The molecule has 28 heavy (non-hydrogen) atoms. The normalized spacial score (nSPS) is 15.6. The Bertz CT molecular complexity index is 945. The van der Waals surface area contributed by atoms with Crippen molar-refractivity contribution in [3.8, 4) is 0 Å². The summed E-state index contributed by atoms with van der Waals surface area (Å²) in [6, 6.07) is 10.9. The number of hydrogen-bond donors (Lipinski definition) is 1. The Morgan fingerprint density at radius 2 is 1.96 bits per heavy atom. The molecule has 0 bridgehead atoms. The smallest absolute Gasteiger partial charge is 0.380 e. The molecule has 0 unspecified atom stereocenters. The molecule has 1 aliphatic heterocycles. The molecule has 0 saturated heterocycles. The Balaban J connectivity index is 1.76. The summed E-state index contributed by atoms with van der Waals surface area (Å²) in [5.41, 5.74) is -1.09. The van der Waals surface area contributed by atoms with E-state index in [0.717, 1.165) is 29.8 Å². The molecule has 0 amide bonds. The Morgan fingerprint density at radius 3 is 2.64 bits per heavy atom. The molecular weight excluding hydrogens is 369 g/mol. The number of Topliss-reactive ketones (excluding diaryl/α,β-unsaturated/α-hetero) is 1. The first-order valence-electron chi connectivity index (χ1n) is 8.78. The van der Waals surface area contributed by atoms with Gasteiger partial charge in [0.1, 0.15) is 5.60 Å². The van der Waals surface area contributed by atoms with Crippen LogP contribution in [-0.2, 0) is 23.8 Å². The van der Waals surface area contributed by atoms with Crippen LogP contribution >= 0.6 is 0 Å². The van der Waals surface area contributed by atoms with Gasteiger partial charge in [0.05, 0.1) is 18.7 Å². The summed E-state index contributed by atoms with van der Waals surface area (Å²) in [5, 5.41) is 10.7. The summed E-state index contributed by atoms with van der Waals surface area (Å²) in [7, 11) is 0. The lowest BCUT2D eigenvalue weighted by atomic mass is 9.93. The second kappa shape index (κ2) is 7.28. The molecule has 2 aromatic carbocycles. The molecule has 0 saturated carbocycles. The van der Waals surface area contributed by atoms with E-state index >= 15 is 0 Å². The lowest BCUT2D eigenvalue weighted by molar-refractivity contribution is -0.137. The van der Waals surface area contributed by atoms with Crippen LogP contribution in [0.5, 0.6) is 0 Å². The van der Waals surface area contributed by atoms with Crippen LogP contribution in [0.3, 0.4) is 0 Å². The average molecular weight is 388 g/mol. The van der Waals surface area contributed by atoms with E-state index in [4.69, 9.17) is 6.57 Å². The fraction of sp³-hybridized carbons (Fsp3) is 0.333. The summed E-state index contributed by atoms with van der Waals surface area (Å²) < 4.78 is 39.3. The molecular formula is C21H19F3N2O2. The van der Waals surface area contributed by atoms with Crippen molar-refractivity contribution < 1.29 is 23.1 Å². The van der Waals surface area contributed by atoms with Gasteiger partial charge in [0.15, 0.2) is 11.5 Å². The monoisotopic (exact) mass is 388 g/mol. The first-order valence-corrected chi connectivity index (χ1v) is 8.78. The Kier molecular flexibility index (Phi) is 5.18. The predicted molar refractivity (Wildman–Crippen MR) is 99.4 cm³/mol. The summed E-state index contributed by atoms with van der Waals surface area (Å²) in [4.78, 5) is 17.4. The minimum atomic E-state index is -4.68. The average Bonchev–Trinajstić information content (AvgIpc) is 3.03. The molecule has 1 aliphatic rings. The minimum Gasteiger partial charge on any atom is -0.380 e. The number of benzene rings is 2. The summed E-state index contributed by atoms with van der Waals surface area (Å²) >= 11 is 0. The maximum Gasteiger partial charge on any atom is 0.407 e. The molecule has 0 aromatic heterocycles. The van der Waals surface area contributed by atoms with Crippen LogP contribution in [0, 0.1) is 6.57 Å². The maximum absolute atomic E-state index is 13.1. The van der Waals surface area contributed by atoms with Crippen molar-refractivity contribution in [3.05, 3.63) is 70.6 Å². The number of halogens is 3. The largest absolute Gasteiger partial charge is 0.407 e. The maximum atomic E-state index is 13.1. The number of nitrogens with zero attached hydrogens (tertiary/aromatic N) is 2. The fourth-order valence-electron chi connectivity index (χ4n) is 3.42. The molecule has 3 rings (SSSR count). The van der Waals surface area contributed by atoms with Crippen molar-refractivity contribution in [1.82, 2.24) is 0 Å². The number of anilines is 1. The highest BCUT2D eigenvalue weighted by Crippen LogP contribution is 2.37. The first-order chi connectivity index (χ1) is 13.1. The number of rotatable bonds is 5. The number of β-amino-alcohol motifs (C(OH)–C–C–N with tert-alkyl or cyclic N) is 1. The number of alkyl halides is 3. The molecule has 1 heterocycles. The van der Waals surface area contributed by atoms with Gasteiger partial charge in [0, 0.05) is 18.7 Å². The molecule has 2 aromatic rings. The van der Waals surface area contributed by atoms with Gasteiger partial charge in [-0.2, -0.15) is 13.2 Å². The van der Waals surface area contributed by atoms with Gasteiger partial charge in [0.25, 0.3) is 0 Å². The lowest BCUT2D eigenvalue weighted by Gasteiger charge is -2.29. The van der Waals surface area contributed by atoms with Crippen LogP contribution in [0.25, 0.3) is 4.85 Å². The predicted octanol–water partition coefficient (Wildman–Crippen LogP) is 4.18. The molecule has 1 atom stereocenters. The van der Waals surface area contributed by atoms with Crippen molar-refractivity contribution in [2.24, 2.45) is 0 Å². The van der Waals surface area contributed by atoms with Crippen LogP contribution in [0.1, 0.15) is 23.6 Å². The molecule has 4 nitrogen and oxygen atoms in total. The summed E-state index contributed by atoms with van der Waals surface area (Å²) in [6.07, 6.45) is -4.21. The van der Waals surface area contributed by atoms with Gasteiger partial charge in [-0.15, -0.1) is 0 Å². The van der Waals surface area contributed by atoms with Crippen molar-refractivity contribution in [1.29, 1.82) is 0 Å². The van der Waals surface area contributed by atoms with E-state index in [1.54, 1.807) is 0 Å². The van der Waals surface area contributed by atoms with Gasteiger partial charge in [-0.05, 0) is 30.5 Å². The number of carbonyl (C=O) groups is 1. The second-order valence-electron chi connectivity index (χ2n) is 7.14. The van der Waals surface area contributed by atoms with Crippen LogP contribution in [0.2, 0.25) is 0 Å². The zero-order valence-electron chi connectivity index (χ0n) is 15.3. The number of carbonyl (C=O) groups excluding carboxylic acids is 1. The van der Waals surface area contributed by atoms with Crippen molar-refractivity contribution in [3.63, 3.8) is 0 Å². The van der Waals surface area contributed by atoms with E-state index in [1.165, 1.54) is 13.0 Å². The van der Waals surface area contributed by atoms with E-state index in [1.807, 2.05) is 29.2 Å². The van der Waals surface area contributed by atoms with E-state index in [9.17, 15) is 23.1 Å². The fourth-order valence-corrected chi connectivity index (χ4v) is 3.42. The number of para-hydroxylation sites is 1. The third kappa shape index (κ3) is 4.02. The topological polar surface area (TPSA) is 44.9 Å². The summed E-state index contributed by atoms with van der Waals surface area (Å²) in [6.45, 7) is 8.99. The number of aliphatic hydroxyl groups is 1. The zero-order chi connectivity index (χ0) is 20.5. The van der Waals surface area contributed by atoms with E-state index in [2.05, 4.69) is 4.85 Å². The molecule has 7 heteroatoms. The van der Waals surface area contributed by atoms with Gasteiger partial charge in [-0.25, -0.2) is 4.85 Å². The first kappa shape index (κ1) is 19.9. The van der Waals surface area contributed by atoms with Crippen LogP contribution in [-0.4, -0.2) is 29.6 Å². The SMILES string of the molecule is [C-]#[N+]c1ccc(CC(=O)[C@@](C)(O)CN2CCc3ccccc32)cc1C(F)(F)F. The highest BCUT2D eigenvalue weighted by molar-refractivity contribution is 5.89. The molecule has 0 aliphatic carbocycles. The Morgan fingerprint density at radius 1 is 1.25 bits per heavy atom. The van der Waals surface area contributed by atoms with E-state index in [0.29, 0.717) is 6.54 Å². The van der Waals surface area contributed by atoms with Gasteiger partial charge in [-0.1, -0.05) is 36.4 Å². The third-order valence-electron chi connectivity index (χ3n) is 4.93. The van der Waals surface area contributed by atoms with Gasteiger partial charge < -0.3 is 10.0 Å². The van der Waals surface area contributed by atoms with Crippen molar-refractivity contribution >= 4 is 17.2 Å². The Labute approximate surface area is 161 Å². The molecule has 146 valence electrons. The molecule has 0 radical (unpaired) electrons. The van der Waals surface area contributed by atoms with Crippen molar-refractivity contribution in [2.45, 2.75) is 31.5 Å². The Hall–Kier alpha value is -2.85. The van der Waals surface area contributed by atoms with Gasteiger partial charge >= 0.3 is 6.18 Å². The summed E-state index contributed by atoms with van der Waals surface area (Å²) in [5.74, 6) is -0.569. The zero-order valence-corrected chi connectivity index (χ0v) is 15.3. The number of hydrogen-bond acceptors (Lipinski definition) is 3. The minimum absolute atomic E-state index is 0.0646. The number of fused-ring (bicyclic) bond motifs is 1. The van der Waals surface area contributed by atoms with Gasteiger partial charge in [0.2, 0.25) is 0 Å². The highest BCUT2D eigenvalue weighted by atomic mass is 19.4. The quantitative estimate of drug-likeness (QED) is 0.782. The van der Waals surface area contributed by atoms with Gasteiger partial charge in [-0.3, -0.25) is 4.79 Å². The van der Waals surface area contributed by atoms with Crippen LogP contribution in [0.4, 0.5) is 24.5 Å². The van der Waals surface area contributed by atoms with Crippen molar-refractivity contribution in [2.75, 3.05) is 18.0 Å². The molecule has 1 N–H and O–H groups in total. The van der Waals surface area contributed by atoms with Crippen LogP contribution in [0.15, 0.2) is 42.5 Å². The highest BCUT2D eigenvalue weighted by Gasteiger charge is 2.36. The standard InChI is InChI=1S/C21H19F3N2O2/c1-20(28,13-26-10-9-15-5-3-4-6-18(15)26)19(27)12-14-7-8-17(25-2)16(11-14)21(22,23)24/h3-8,11,28H,9-10,12-13H2,1H3/t20-/m0/s1. The van der Waals surface area contributed by atoms with Crippen LogP contribution < -0.4 is 4.90 Å². The van der Waals surface area contributed by atoms with E-state index in [-0.39, 0.29) is 18.5 Å². The second-order valence-corrected chi connectivity index (χ2v) is 7.14.